The first-order valence-electron chi connectivity index (χ1n) is 8.56. The molecule has 1 N–H and O–H groups in total. The Kier molecular flexibility index (Phi) is 5.53. The number of piperidine rings is 1. The number of amides is 1. The lowest BCUT2D eigenvalue weighted by Crippen LogP contribution is -2.50. The van der Waals surface area contributed by atoms with Crippen molar-refractivity contribution in [3.63, 3.8) is 0 Å². The summed E-state index contributed by atoms with van der Waals surface area (Å²) in [6.45, 7) is 10.9. The molecule has 4 nitrogen and oxygen atoms in total. The lowest BCUT2D eigenvalue weighted by Gasteiger charge is -2.35. The fourth-order valence-corrected chi connectivity index (χ4v) is 3.48. The van der Waals surface area contributed by atoms with Gasteiger partial charge in [-0.05, 0) is 58.4 Å². The van der Waals surface area contributed by atoms with Crippen molar-refractivity contribution in [3.05, 3.63) is 0 Å². The summed E-state index contributed by atoms with van der Waals surface area (Å²) in [5, 5.41) is 3.69. The van der Waals surface area contributed by atoms with E-state index in [1.807, 2.05) is 25.7 Å². The number of nitrogens with one attached hydrogen (secondary N) is 1. The van der Waals surface area contributed by atoms with Gasteiger partial charge in [0, 0.05) is 19.1 Å². The average Bonchev–Trinajstić information content (AvgIpc) is 2.80. The summed E-state index contributed by atoms with van der Waals surface area (Å²) in [6.07, 6.45) is 6.18. The molecule has 3 unspecified atom stereocenters. The molecular formula is C17H32N2O2. The highest BCUT2D eigenvalue weighted by Gasteiger charge is 2.29. The van der Waals surface area contributed by atoms with E-state index in [1.54, 1.807) is 0 Å². The summed E-state index contributed by atoms with van der Waals surface area (Å²) in [5.74, 6) is 1.67. The minimum absolute atomic E-state index is 0.164. The Morgan fingerprint density at radius 2 is 2.00 bits per heavy atom. The first kappa shape index (κ1) is 16.6. The first-order chi connectivity index (χ1) is 9.85. The molecule has 0 aromatic rings. The molecule has 1 aliphatic heterocycles. The lowest BCUT2D eigenvalue weighted by atomic mass is 9.97. The normalized spacial score (nSPS) is 30.5. The molecule has 122 valence electrons. The van der Waals surface area contributed by atoms with E-state index >= 15 is 0 Å². The number of ether oxygens (including phenoxy) is 1. The Hall–Kier alpha value is -0.770. The fourth-order valence-electron chi connectivity index (χ4n) is 3.48. The Balaban J connectivity index is 1.76. The van der Waals surface area contributed by atoms with Crippen molar-refractivity contribution in [2.45, 2.75) is 71.4 Å². The number of hydrogen-bond acceptors (Lipinski definition) is 3. The number of rotatable bonds is 3. The highest BCUT2D eigenvalue weighted by atomic mass is 16.6. The lowest BCUT2D eigenvalue weighted by molar-refractivity contribution is 0.0186. The van der Waals surface area contributed by atoms with E-state index in [4.69, 9.17) is 4.74 Å². The van der Waals surface area contributed by atoms with Gasteiger partial charge in [0.25, 0.3) is 0 Å². The Morgan fingerprint density at radius 1 is 1.24 bits per heavy atom. The van der Waals surface area contributed by atoms with Gasteiger partial charge in [-0.2, -0.15) is 0 Å². The van der Waals surface area contributed by atoms with Gasteiger partial charge in [0.1, 0.15) is 5.60 Å². The van der Waals surface area contributed by atoms with Crippen LogP contribution < -0.4 is 5.32 Å². The van der Waals surface area contributed by atoms with Crippen LogP contribution in [0.2, 0.25) is 0 Å². The van der Waals surface area contributed by atoms with Gasteiger partial charge in [-0.15, -0.1) is 0 Å². The molecule has 2 aliphatic rings. The molecule has 2 fully saturated rings. The number of carbonyl (C=O) groups is 1. The summed E-state index contributed by atoms with van der Waals surface area (Å²) in [4.78, 5) is 14.0. The molecule has 1 saturated carbocycles. The van der Waals surface area contributed by atoms with E-state index < -0.39 is 5.60 Å². The fraction of sp³-hybridized carbons (Fsp3) is 0.941. The average molecular weight is 296 g/mol. The standard InChI is InChI=1S/C17H32N2O2/c1-13-7-5-8-14(13)11-18-15-9-6-10-19(12-15)16(20)21-17(2,3)4/h13-15,18H,5-12H2,1-4H3. The summed E-state index contributed by atoms with van der Waals surface area (Å²) >= 11 is 0. The molecule has 21 heavy (non-hydrogen) atoms. The van der Waals surface area contributed by atoms with Crippen LogP contribution in [0, 0.1) is 11.8 Å². The van der Waals surface area contributed by atoms with Gasteiger partial charge in [0.2, 0.25) is 0 Å². The van der Waals surface area contributed by atoms with Gasteiger partial charge in [0.15, 0.2) is 0 Å². The minimum Gasteiger partial charge on any atom is -0.444 e. The number of carbonyl (C=O) groups excluding carboxylic acids is 1. The molecule has 0 bridgehead atoms. The number of hydrogen-bond donors (Lipinski definition) is 1. The molecule has 3 atom stereocenters. The third kappa shape index (κ3) is 5.17. The van der Waals surface area contributed by atoms with Gasteiger partial charge < -0.3 is 15.0 Å². The number of likely N-dealkylation sites (tertiary alicyclic amines) is 1. The maximum atomic E-state index is 12.1. The van der Waals surface area contributed by atoms with Crippen molar-refractivity contribution in [2.24, 2.45) is 11.8 Å². The molecule has 2 rings (SSSR count). The van der Waals surface area contributed by atoms with Crippen LogP contribution >= 0.6 is 0 Å². The molecule has 4 heteroatoms. The van der Waals surface area contributed by atoms with Crippen molar-refractivity contribution >= 4 is 6.09 Å². The molecular weight excluding hydrogens is 264 g/mol. The van der Waals surface area contributed by atoms with Crippen LogP contribution in [0.25, 0.3) is 0 Å². The smallest absolute Gasteiger partial charge is 0.410 e. The Morgan fingerprint density at radius 3 is 2.62 bits per heavy atom. The Labute approximate surface area is 129 Å². The third-order valence-corrected chi connectivity index (χ3v) is 4.78. The maximum Gasteiger partial charge on any atom is 0.410 e. The van der Waals surface area contributed by atoms with Gasteiger partial charge in [-0.25, -0.2) is 4.79 Å². The van der Waals surface area contributed by atoms with Gasteiger partial charge >= 0.3 is 6.09 Å². The topological polar surface area (TPSA) is 41.6 Å². The van der Waals surface area contributed by atoms with E-state index in [1.165, 1.54) is 25.7 Å². The maximum absolute atomic E-state index is 12.1. The molecule has 1 saturated heterocycles. The highest BCUT2D eigenvalue weighted by Crippen LogP contribution is 2.30. The second-order valence-corrected chi connectivity index (χ2v) is 7.84. The zero-order valence-corrected chi connectivity index (χ0v) is 14.2. The molecule has 1 heterocycles. The molecule has 0 spiro atoms. The second kappa shape index (κ2) is 6.99. The van der Waals surface area contributed by atoms with Gasteiger partial charge in [-0.1, -0.05) is 19.8 Å². The van der Waals surface area contributed by atoms with Crippen LogP contribution in [0.3, 0.4) is 0 Å². The Bertz CT molecular complexity index is 351. The molecule has 1 amide bonds. The van der Waals surface area contributed by atoms with E-state index in [2.05, 4.69) is 12.2 Å². The van der Waals surface area contributed by atoms with Gasteiger partial charge in [-0.3, -0.25) is 0 Å². The van der Waals surface area contributed by atoms with Crippen LogP contribution in [-0.4, -0.2) is 42.3 Å². The zero-order chi connectivity index (χ0) is 15.5. The van der Waals surface area contributed by atoms with Crippen LogP contribution in [-0.2, 0) is 4.74 Å². The van der Waals surface area contributed by atoms with Crippen molar-refractivity contribution in [1.82, 2.24) is 10.2 Å². The second-order valence-electron chi connectivity index (χ2n) is 7.84. The quantitative estimate of drug-likeness (QED) is 0.867. The van der Waals surface area contributed by atoms with Crippen LogP contribution in [0.4, 0.5) is 4.79 Å². The van der Waals surface area contributed by atoms with Crippen molar-refractivity contribution < 1.29 is 9.53 Å². The summed E-state index contributed by atoms with van der Waals surface area (Å²) in [7, 11) is 0. The first-order valence-corrected chi connectivity index (χ1v) is 8.56. The molecule has 0 radical (unpaired) electrons. The molecule has 1 aliphatic carbocycles. The van der Waals surface area contributed by atoms with Crippen LogP contribution in [0.15, 0.2) is 0 Å². The SMILES string of the molecule is CC1CCCC1CNC1CCCN(C(=O)OC(C)(C)C)C1. The number of nitrogens with zero attached hydrogens (tertiary/aromatic N) is 1. The highest BCUT2D eigenvalue weighted by molar-refractivity contribution is 5.68. The van der Waals surface area contributed by atoms with Crippen LogP contribution in [0.5, 0.6) is 0 Å². The van der Waals surface area contributed by atoms with E-state index in [-0.39, 0.29) is 6.09 Å². The van der Waals surface area contributed by atoms with E-state index in [9.17, 15) is 4.79 Å². The van der Waals surface area contributed by atoms with Crippen molar-refractivity contribution in [2.75, 3.05) is 19.6 Å². The zero-order valence-electron chi connectivity index (χ0n) is 14.2. The van der Waals surface area contributed by atoms with E-state index in [0.29, 0.717) is 6.04 Å². The van der Waals surface area contributed by atoms with Gasteiger partial charge in [0.05, 0.1) is 0 Å². The largest absolute Gasteiger partial charge is 0.444 e. The predicted octanol–water partition coefficient (Wildman–Crippen LogP) is 3.41. The predicted molar refractivity (Wildman–Crippen MR) is 85.3 cm³/mol. The summed E-state index contributed by atoms with van der Waals surface area (Å²) in [5.41, 5.74) is -0.406. The molecule has 0 aromatic carbocycles. The monoisotopic (exact) mass is 296 g/mol. The van der Waals surface area contributed by atoms with Crippen LogP contribution in [0.1, 0.15) is 59.8 Å². The van der Waals surface area contributed by atoms with Crippen molar-refractivity contribution in [3.8, 4) is 0 Å². The minimum atomic E-state index is -0.406. The molecule has 0 aromatic heterocycles. The summed E-state index contributed by atoms with van der Waals surface area (Å²) in [6, 6.07) is 0.430. The third-order valence-electron chi connectivity index (χ3n) is 4.78. The van der Waals surface area contributed by atoms with E-state index in [0.717, 1.165) is 37.9 Å². The summed E-state index contributed by atoms with van der Waals surface area (Å²) < 4.78 is 5.48. The van der Waals surface area contributed by atoms with Crippen molar-refractivity contribution in [1.29, 1.82) is 0 Å².